The Balaban J connectivity index is 1.94. The van der Waals surface area contributed by atoms with Crippen LogP contribution >= 0.6 is 0 Å². The van der Waals surface area contributed by atoms with E-state index in [0.29, 0.717) is 0 Å². The van der Waals surface area contributed by atoms with Gasteiger partial charge in [0.1, 0.15) is 0 Å². The van der Waals surface area contributed by atoms with E-state index in [0.717, 1.165) is 11.8 Å². The number of rotatable bonds is 4. The molecule has 0 nitrogen and oxygen atoms in total. The Morgan fingerprint density at radius 1 is 0.941 bits per heavy atom. The lowest BCUT2D eigenvalue weighted by molar-refractivity contribution is 0.387. The van der Waals surface area contributed by atoms with E-state index in [1.807, 2.05) is 0 Å². The second-order valence-corrected chi connectivity index (χ2v) is 5.58. The fourth-order valence-corrected chi connectivity index (χ4v) is 2.91. The molecule has 0 aromatic carbocycles. The van der Waals surface area contributed by atoms with E-state index in [4.69, 9.17) is 0 Å². The van der Waals surface area contributed by atoms with E-state index in [1.165, 1.54) is 51.4 Å². The Morgan fingerprint density at radius 3 is 2.29 bits per heavy atom. The molecule has 2 aliphatic carbocycles. The van der Waals surface area contributed by atoms with E-state index < -0.39 is 0 Å². The predicted octanol–water partition coefficient (Wildman–Crippen LogP) is 5.43. The van der Waals surface area contributed by atoms with Crippen LogP contribution in [0, 0.1) is 11.8 Å². The van der Waals surface area contributed by atoms with Gasteiger partial charge < -0.3 is 0 Å². The topological polar surface area (TPSA) is 0 Å². The van der Waals surface area contributed by atoms with E-state index in [1.54, 1.807) is 5.57 Å². The maximum atomic E-state index is 2.41. The maximum Gasteiger partial charge on any atom is -0.0162 e. The SMILES string of the molecule is C\C=C/C(=C\C=C\C1CCC1)C1CCCCC1. The van der Waals surface area contributed by atoms with Gasteiger partial charge in [0.15, 0.2) is 0 Å². The molecule has 0 N–H and O–H groups in total. The molecular formula is C17H26. The van der Waals surface area contributed by atoms with Crippen molar-refractivity contribution in [2.24, 2.45) is 11.8 Å². The second-order valence-electron chi connectivity index (χ2n) is 5.58. The molecule has 17 heavy (non-hydrogen) atoms. The standard InChI is InChI=1S/C17H26/c1-2-8-16(17-12-4-3-5-13-17)14-7-11-15-9-6-10-15/h2,7-8,11,14-15,17H,3-6,9-10,12-13H2,1H3/b8-2-,11-7+,16-14+. The lowest BCUT2D eigenvalue weighted by Crippen LogP contribution is -2.08. The summed E-state index contributed by atoms with van der Waals surface area (Å²) in [5.41, 5.74) is 1.56. The molecule has 2 saturated carbocycles. The molecule has 2 rings (SSSR count). The fraction of sp³-hybridized carbons (Fsp3) is 0.647. The molecule has 0 aliphatic heterocycles. The average molecular weight is 230 g/mol. The summed E-state index contributed by atoms with van der Waals surface area (Å²) in [7, 11) is 0. The molecule has 0 bridgehead atoms. The minimum atomic E-state index is 0.825. The summed E-state index contributed by atoms with van der Waals surface area (Å²) in [6, 6.07) is 0. The predicted molar refractivity (Wildman–Crippen MR) is 76.0 cm³/mol. The van der Waals surface area contributed by atoms with Crippen LogP contribution in [0.3, 0.4) is 0 Å². The molecule has 0 heterocycles. The van der Waals surface area contributed by atoms with Crippen molar-refractivity contribution in [2.75, 3.05) is 0 Å². The van der Waals surface area contributed by atoms with Crippen LogP contribution in [0.25, 0.3) is 0 Å². The van der Waals surface area contributed by atoms with Crippen LogP contribution < -0.4 is 0 Å². The van der Waals surface area contributed by atoms with Crippen molar-refractivity contribution in [3.05, 3.63) is 36.0 Å². The molecule has 0 spiro atoms. The van der Waals surface area contributed by atoms with Crippen molar-refractivity contribution in [1.82, 2.24) is 0 Å². The summed E-state index contributed by atoms with van der Waals surface area (Å²) in [5, 5.41) is 0. The highest BCUT2D eigenvalue weighted by molar-refractivity contribution is 5.26. The van der Waals surface area contributed by atoms with Crippen LogP contribution in [-0.4, -0.2) is 0 Å². The van der Waals surface area contributed by atoms with Crippen LogP contribution in [0.15, 0.2) is 36.0 Å². The quantitative estimate of drug-likeness (QED) is 0.565. The fourth-order valence-electron chi connectivity index (χ4n) is 2.91. The molecule has 0 amide bonds. The first kappa shape index (κ1) is 12.7. The van der Waals surface area contributed by atoms with Gasteiger partial charge in [-0.3, -0.25) is 0 Å². The molecule has 0 saturated heterocycles. The summed E-state index contributed by atoms with van der Waals surface area (Å²) in [4.78, 5) is 0. The Hall–Kier alpha value is -0.780. The van der Waals surface area contributed by atoms with Crippen LogP contribution in [0.2, 0.25) is 0 Å². The molecule has 94 valence electrons. The highest BCUT2D eigenvalue weighted by atomic mass is 14.2. The zero-order valence-electron chi connectivity index (χ0n) is 11.2. The van der Waals surface area contributed by atoms with Crippen molar-refractivity contribution in [3.8, 4) is 0 Å². The molecule has 0 aromatic heterocycles. The summed E-state index contributed by atoms with van der Waals surface area (Å²) in [5.74, 6) is 1.70. The highest BCUT2D eigenvalue weighted by Crippen LogP contribution is 2.31. The normalized spacial score (nSPS) is 24.6. The van der Waals surface area contributed by atoms with Gasteiger partial charge in [-0.05, 0) is 50.0 Å². The molecular weight excluding hydrogens is 204 g/mol. The van der Waals surface area contributed by atoms with Gasteiger partial charge in [0.25, 0.3) is 0 Å². The molecule has 0 heteroatoms. The van der Waals surface area contributed by atoms with Crippen molar-refractivity contribution >= 4 is 0 Å². The van der Waals surface area contributed by atoms with Gasteiger partial charge in [-0.15, -0.1) is 0 Å². The molecule has 2 fully saturated rings. The summed E-state index contributed by atoms with van der Waals surface area (Å²) < 4.78 is 0. The zero-order valence-corrected chi connectivity index (χ0v) is 11.2. The van der Waals surface area contributed by atoms with Crippen molar-refractivity contribution in [3.63, 3.8) is 0 Å². The minimum absolute atomic E-state index is 0.825. The van der Waals surface area contributed by atoms with Crippen LogP contribution in [0.5, 0.6) is 0 Å². The molecule has 0 atom stereocenters. The Labute approximate surface area is 106 Å². The van der Waals surface area contributed by atoms with Crippen LogP contribution in [0.4, 0.5) is 0 Å². The number of allylic oxidation sites excluding steroid dienone is 6. The Kier molecular flexibility index (Phi) is 5.09. The minimum Gasteiger partial charge on any atom is -0.0874 e. The van der Waals surface area contributed by atoms with E-state index >= 15 is 0 Å². The third-order valence-corrected chi connectivity index (χ3v) is 4.26. The van der Waals surface area contributed by atoms with E-state index in [9.17, 15) is 0 Å². The smallest absolute Gasteiger partial charge is 0.0162 e. The van der Waals surface area contributed by atoms with Gasteiger partial charge in [-0.2, -0.15) is 0 Å². The van der Waals surface area contributed by atoms with Gasteiger partial charge in [0.05, 0.1) is 0 Å². The zero-order chi connectivity index (χ0) is 11.9. The number of hydrogen-bond donors (Lipinski definition) is 0. The average Bonchev–Trinajstić information content (AvgIpc) is 2.32. The second kappa shape index (κ2) is 6.83. The molecule has 0 radical (unpaired) electrons. The highest BCUT2D eigenvalue weighted by Gasteiger charge is 2.16. The van der Waals surface area contributed by atoms with Gasteiger partial charge in [0, 0.05) is 0 Å². The third kappa shape index (κ3) is 3.87. The van der Waals surface area contributed by atoms with Crippen molar-refractivity contribution in [1.29, 1.82) is 0 Å². The summed E-state index contributed by atoms with van der Waals surface area (Å²) in [6.45, 7) is 2.13. The first-order valence-electron chi connectivity index (χ1n) is 7.41. The van der Waals surface area contributed by atoms with Gasteiger partial charge in [0.2, 0.25) is 0 Å². The molecule has 0 unspecified atom stereocenters. The maximum absolute atomic E-state index is 2.41. The summed E-state index contributed by atoms with van der Waals surface area (Å²) in [6.07, 6.45) is 22.9. The first-order valence-corrected chi connectivity index (χ1v) is 7.41. The Bertz CT molecular complexity index is 296. The van der Waals surface area contributed by atoms with Gasteiger partial charge >= 0.3 is 0 Å². The van der Waals surface area contributed by atoms with Crippen LogP contribution in [-0.2, 0) is 0 Å². The van der Waals surface area contributed by atoms with Crippen molar-refractivity contribution < 1.29 is 0 Å². The lowest BCUT2D eigenvalue weighted by Gasteiger charge is -2.23. The number of hydrogen-bond acceptors (Lipinski definition) is 0. The van der Waals surface area contributed by atoms with Gasteiger partial charge in [-0.1, -0.05) is 56.1 Å². The largest absolute Gasteiger partial charge is 0.0874 e. The monoisotopic (exact) mass is 230 g/mol. The first-order chi connectivity index (χ1) is 8.40. The lowest BCUT2D eigenvalue weighted by atomic mass is 9.82. The Morgan fingerprint density at radius 2 is 1.71 bits per heavy atom. The van der Waals surface area contributed by atoms with Gasteiger partial charge in [-0.25, -0.2) is 0 Å². The molecule has 0 aromatic rings. The third-order valence-electron chi connectivity index (χ3n) is 4.26. The molecule has 2 aliphatic rings. The van der Waals surface area contributed by atoms with Crippen LogP contribution in [0.1, 0.15) is 58.3 Å². The van der Waals surface area contributed by atoms with Crippen molar-refractivity contribution in [2.45, 2.75) is 58.3 Å². The van der Waals surface area contributed by atoms with E-state index in [-0.39, 0.29) is 0 Å². The van der Waals surface area contributed by atoms with E-state index in [2.05, 4.69) is 37.3 Å². The summed E-state index contributed by atoms with van der Waals surface area (Å²) >= 11 is 0.